The van der Waals surface area contributed by atoms with Crippen LogP contribution in [0, 0.1) is 5.92 Å². The number of carbonyl (C=O) groups is 1. The highest BCUT2D eigenvalue weighted by Crippen LogP contribution is 2.32. The third-order valence-electron chi connectivity index (χ3n) is 4.64. The maximum absolute atomic E-state index is 12.6. The second-order valence-corrected chi connectivity index (χ2v) is 7.79. The maximum Gasteiger partial charge on any atom is 0.263 e. The predicted octanol–water partition coefficient (Wildman–Crippen LogP) is 4.03. The van der Waals surface area contributed by atoms with Crippen molar-refractivity contribution in [3.63, 3.8) is 0 Å². The summed E-state index contributed by atoms with van der Waals surface area (Å²) in [5, 5.41) is 0. The fourth-order valence-electron chi connectivity index (χ4n) is 3.07. The van der Waals surface area contributed by atoms with Crippen molar-refractivity contribution >= 4 is 17.2 Å². The van der Waals surface area contributed by atoms with Gasteiger partial charge in [0.25, 0.3) is 5.91 Å². The van der Waals surface area contributed by atoms with Gasteiger partial charge in [0.2, 0.25) is 0 Å². The van der Waals surface area contributed by atoms with Crippen LogP contribution in [0.15, 0.2) is 30.3 Å². The van der Waals surface area contributed by atoms with Crippen LogP contribution in [0.25, 0.3) is 0 Å². The molecule has 4 nitrogen and oxygen atoms in total. The summed E-state index contributed by atoms with van der Waals surface area (Å²) >= 11 is 1.66. The van der Waals surface area contributed by atoms with E-state index in [2.05, 4.69) is 13.0 Å². The molecule has 25 heavy (non-hydrogen) atoms. The summed E-state index contributed by atoms with van der Waals surface area (Å²) in [6.45, 7) is 3.31. The zero-order valence-corrected chi connectivity index (χ0v) is 15.9. The Kier molecular flexibility index (Phi) is 5.63. The largest absolute Gasteiger partial charge is 0.497 e. The molecule has 1 aliphatic carbocycles. The molecule has 2 aromatic rings. The lowest BCUT2D eigenvalue weighted by atomic mass is 9.90. The minimum Gasteiger partial charge on any atom is -0.497 e. The van der Waals surface area contributed by atoms with Crippen molar-refractivity contribution in [3.05, 3.63) is 45.6 Å². The van der Waals surface area contributed by atoms with Crippen LogP contribution in [0.1, 0.15) is 33.5 Å². The average molecular weight is 359 g/mol. The number of amides is 1. The van der Waals surface area contributed by atoms with Crippen molar-refractivity contribution in [1.29, 1.82) is 0 Å². The zero-order chi connectivity index (χ0) is 17.8. The molecule has 0 saturated heterocycles. The molecule has 1 aliphatic rings. The quantitative estimate of drug-likeness (QED) is 0.781. The Hall–Kier alpha value is -2.01. The van der Waals surface area contributed by atoms with E-state index in [0.29, 0.717) is 13.2 Å². The Morgan fingerprint density at radius 1 is 1.28 bits per heavy atom. The molecule has 5 heteroatoms. The van der Waals surface area contributed by atoms with Crippen molar-refractivity contribution < 1.29 is 14.3 Å². The standard InChI is InChI=1S/C20H25NO3S/c1-14-4-9-18-15(12-14)13-19(25-18)20(22)21(2)10-11-24-17-7-5-16(23-3)6-8-17/h5-8,13-14H,4,9-12H2,1-3H3. The number of rotatable bonds is 6. The lowest BCUT2D eigenvalue weighted by Crippen LogP contribution is -2.30. The number of hydrogen-bond donors (Lipinski definition) is 0. The molecule has 0 radical (unpaired) electrons. The van der Waals surface area contributed by atoms with Gasteiger partial charge in [-0.2, -0.15) is 0 Å². The average Bonchev–Trinajstić information content (AvgIpc) is 3.04. The van der Waals surface area contributed by atoms with E-state index in [1.165, 1.54) is 16.9 Å². The van der Waals surface area contributed by atoms with Crippen LogP contribution >= 0.6 is 11.3 Å². The molecule has 1 aromatic heterocycles. The van der Waals surface area contributed by atoms with Gasteiger partial charge < -0.3 is 14.4 Å². The van der Waals surface area contributed by atoms with E-state index in [1.54, 1.807) is 23.3 Å². The minimum absolute atomic E-state index is 0.0883. The fourth-order valence-corrected chi connectivity index (χ4v) is 4.28. The first-order chi connectivity index (χ1) is 12.1. The molecular formula is C20H25NO3S. The van der Waals surface area contributed by atoms with Gasteiger partial charge in [0, 0.05) is 11.9 Å². The van der Waals surface area contributed by atoms with Crippen molar-refractivity contribution in [2.75, 3.05) is 27.3 Å². The van der Waals surface area contributed by atoms with Crippen LogP contribution in [0.5, 0.6) is 11.5 Å². The van der Waals surface area contributed by atoms with Gasteiger partial charge in [-0.1, -0.05) is 6.92 Å². The number of thiophene rings is 1. The van der Waals surface area contributed by atoms with Crippen molar-refractivity contribution in [2.45, 2.75) is 26.2 Å². The number of ether oxygens (including phenoxy) is 2. The first-order valence-electron chi connectivity index (χ1n) is 8.70. The van der Waals surface area contributed by atoms with Crippen molar-refractivity contribution in [3.8, 4) is 11.5 Å². The molecular weight excluding hydrogens is 334 g/mol. The van der Waals surface area contributed by atoms with Crippen LogP contribution in [0.4, 0.5) is 0 Å². The van der Waals surface area contributed by atoms with Gasteiger partial charge in [0.15, 0.2) is 0 Å². The summed E-state index contributed by atoms with van der Waals surface area (Å²) in [6, 6.07) is 9.56. The Bertz CT molecular complexity index is 723. The smallest absolute Gasteiger partial charge is 0.263 e. The van der Waals surface area contributed by atoms with E-state index in [-0.39, 0.29) is 5.91 Å². The molecule has 0 aliphatic heterocycles. The first kappa shape index (κ1) is 17.8. The van der Waals surface area contributed by atoms with Crippen molar-refractivity contribution in [2.24, 2.45) is 5.92 Å². The van der Waals surface area contributed by atoms with E-state index in [1.807, 2.05) is 31.3 Å². The molecule has 134 valence electrons. The highest BCUT2D eigenvalue weighted by atomic mass is 32.1. The second kappa shape index (κ2) is 7.91. The van der Waals surface area contributed by atoms with E-state index in [4.69, 9.17) is 9.47 Å². The molecule has 1 heterocycles. The van der Waals surface area contributed by atoms with E-state index in [0.717, 1.165) is 35.1 Å². The summed E-state index contributed by atoms with van der Waals surface area (Å²) in [6.07, 6.45) is 3.44. The molecule has 1 aromatic carbocycles. The Morgan fingerprint density at radius 3 is 2.72 bits per heavy atom. The first-order valence-corrected chi connectivity index (χ1v) is 9.52. The highest BCUT2D eigenvalue weighted by Gasteiger charge is 2.22. The number of nitrogens with zero attached hydrogens (tertiary/aromatic N) is 1. The summed E-state index contributed by atoms with van der Waals surface area (Å²) in [5.74, 6) is 2.39. The van der Waals surface area contributed by atoms with Gasteiger partial charge in [-0.05, 0) is 61.1 Å². The fraction of sp³-hybridized carbons (Fsp3) is 0.450. The van der Waals surface area contributed by atoms with Gasteiger partial charge in [0.1, 0.15) is 18.1 Å². The minimum atomic E-state index is 0.0883. The van der Waals surface area contributed by atoms with Crippen LogP contribution in [0.2, 0.25) is 0 Å². The van der Waals surface area contributed by atoms with E-state index in [9.17, 15) is 4.79 Å². The van der Waals surface area contributed by atoms with Gasteiger partial charge in [-0.3, -0.25) is 4.79 Å². The number of carbonyl (C=O) groups excluding carboxylic acids is 1. The lowest BCUT2D eigenvalue weighted by molar-refractivity contribution is 0.0778. The molecule has 0 bridgehead atoms. The van der Waals surface area contributed by atoms with Gasteiger partial charge in [-0.25, -0.2) is 0 Å². The van der Waals surface area contributed by atoms with Crippen LogP contribution < -0.4 is 9.47 Å². The molecule has 3 rings (SSSR count). The van der Waals surface area contributed by atoms with Crippen LogP contribution in [-0.4, -0.2) is 38.1 Å². The van der Waals surface area contributed by atoms with Gasteiger partial charge in [-0.15, -0.1) is 11.3 Å². The highest BCUT2D eigenvalue weighted by molar-refractivity contribution is 7.14. The zero-order valence-electron chi connectivity index (χ0n) is 15.1. The number of likely N-dealkylation sites (N-methyl/N-ethyl adjacent to an activating group) is 1. The number of hydrogen-bond acceptors (Lipinski definition) is 4. The number of fused-ring (bicyclic) bond motifs is 1. The Balaban J connectivity index is 1.52. The summed E-state index contributed by atoms with van der Waals surface area (Å²) in [5.41, 5.74) is 1.37. The normalized spacial score (nSPS) is 16.2. The van der Waals surface area contributed by atoms with Gasteiger partial charge in [0.05, 0.1) is 18.5 Å². The summed E-state index contributed by atoms with van der Waals surface area (Å²) in [4.78, 5) is 16.6. The Labute approximate surface area is 153 Å². The van der Waals surface area contributed by atoms with Crippen LogP contribution in [-0.2, 0) is 12.8 Å². The summed E-state index contributed by atoms with van der Waals surface area (Å²) in [7, 11) is 3.47. The third kappa shape index (κ3) is 4.34. The van der Waals surface area contributed by atoms with Gasteiger partial charge >= 0.3 is 0 Å². The van der Waals surface area contributed by atoms with E-state index >= 15 is 0 Å². The summed E-state index contributed by atoms with van der Waals surface area (Å²) < 4.78 is 10.8. The molecule has 0 N–H and O–H groups in total. The molecule has 1 atom stereocenters. The number of benzene rings is 1. The van der Waals surface area contributed by atoms with Crippen molar-refractivity contribution in [1.82, 2.24) is 4.90 Å². The second-order valence-electron chi connectivity index (χ2n) is 6.66. The lowest BCUT2D eigenvalue weighted by Gasteiger charge is -2.16. The molecule has 1 unspecified atom stereocenters. The molecule has 0 fully saturated rings. The number of aryl methyl sites for hydroxylation is 1. The maximum atomic E-state index is 12.6. The predicted molar refractivity (Wildman–Crippen MR) is 101 cm³/mol. The third-order valence-corrected chi connectivity index (χ3v) is 5.87. The Morgan fingerprint density at radius 2 is 2.00 bits per heavy atom. The topological polar surface area (TPSA) is 38.8 Å². The van der Waals surface area contributed by atoms with Crippen LogP contribution in [0.3, 0.4) is 0 Å². The number of methoxy groups -OCH3 is 1. The molecule has 0 spiro atoms. The monoisotopic (exact) mass is 359 g/mol. The van der Waals surface area contributed by atoms with E-state index < -0.39 is 0 Å². The molecule has 1 amide bonds. The molecule has 0 saturated carbocycles. The SMILES string of the molecule is COc1ccc(OCCN(C)C(=O)c2cc3c(s2)CCC(C)C3)cc1.